The zero-order valence-corrected chi connectivity index (χ0v) is 12.2. The molecule has 1 aromatic rings. The van der Waals surface area contributed by atoms with Gasteiger partial charge < -0.3 is 5.32 Å². The molecule has 2 atom stereocenters. The second kappa shape index (κ2) is 4.85. The molecule has 0 saturated carbocycles. The molecular formula is C14H17N3O2S. The molecule has 0 amide bonds. The normalized spacial score (nSPS) is 26.4. The number of benzene rings is 1. The standard InChI is InChI=1S/C14H17N3O2S/c1-10-4-11(5-15)2-3-14(10)20(18,19)17-8-12-6-16-7-13(12)9-17/h2-4,12-13,16H,6-9H2,1H3/t12-,13+. The van der Waals surface area contributed by atoms with Gasteiger partial charge in [0.25, 0.3) is 0 Å². The quantitative estimate of drug-likeness (QED) is 0.871. The molecule has 2 heterocycles. The van der Waals surface area contributed by atoms with Crippen LogP contribution in [0, 0.1) is 30.1 Å². The number of fused-ring (bicyclic) bond motifs is 1. The minimum atomic E-state index is -3.44. The van der Waals surface area contributed by atoms with Crippen molar-refractivity contribution in [1.29, 1.82) is 5.26 Å². The van der Waals surface area contributed by atoms with Crippen LogP contribution in [0.2, 0.25) is 0 Å². The van der Waals surface area contributed by atoms with E-state index in [0.29, 0.717) is 40.9 Å². The van der Waals surface area contributed by atoms with E-state index in [0.717, 1.165) is 13.1 Å². The minimum Gasteiger partial charge on any atom is -0.316 e. The Morgan fingerprint density at radius 3 is 2.50 bits per heavy atom. The molecule has 2 aliphatic heterocycles. The first-order valence-electron chi connectivity index (χ1n) is 6.74. The molecule has 0 aromatic heterocycles. The van der Waals surface area contributed by atoms with Crippen LogP contribution in [-0.2, 0) is 10.0 Å². The van der Waals surface area contributed by atoms with E-state index < -0.39 is 10.0 Å². The minimum absolute atomic E-state index is 0.324. The van der Waals surface area contributed by atoms with Gasteiger partial charge >= 0.3 is 0 Å². The maximum atomic E-state index is 12.7. The van der Waals surface area contributed by atoms with Gasteiger partial charge in [-0.1, -0.05) is 0 Å². The zero-order valence-electron chi connectivity index (χ0n) is 11.3. The first-order valence-corrected chi connectivity index (χ1v) is 8.18. The van der Waals surface area contributed by atoms with Gasteiger partial charge in [0.2, 0.25) is 10.0 Å². The third kappa shape index (κ3) is 2.12. The Morgan fingerprint density at radius 1 is 1.30 bits per heavy atom. The lowest BCUT2D eigenvalue weighted by Crippen LogP contribution is -2.32. The average molecular weight is 291 g/mol. The molecule has 0 spiro atoms. The van der Waals surface area contributed by atoms with Crippen molar-refractivity contribution in [1.82, 2.24) is 9.62 Å². The number of nitrogens with zero attached hydrogens (tertiary/aromatic N) is 2. The van der Waals surface area contributed by atoms with E-state index in [4.69, 9.17) is 5.26 Å². The smallest absolute Gasteiger partial charge is 0.243 e. The van der Waals surface area contributed by atoms with E-state index in [2.05, 4.69) is 5.32 Å². The largest absolute Gasteiger partial charge is 0.316 e. The topological polar surface area (TPSA) is 73.2 Å². The third-order valence-corrected chi connectivity index (χ3v) is 6.27. The van der Waals surface area contributed by atoms with Crippen LogP contribution in [-0.4, -0.2) is 38.9 Å². The number of hydrogen-bond donors (Lipinski definition) is 1. The molecular weight excluding hydrogens is 274 g/mol. The maximum absolute atomic E-state index is 12.7. The molecule has 0 aliphatic carbocycles. The lowest BCUT2D eigenvalue weighted by atomic mass is 10.0. The molecule has 5 nitrogen and oxygen atoms in total. The van der Waals surface area contributed by atoms with Crippen molar-refractivity contribution < 1.29 is 8.42 Å². The predicted octanol–water partition coefficient (Wildman–Crippen LogP) is 0.707. The van der Waals surface area contributed by atoms with Gasteiger partial charge in [-0.25, -0.2) is 8.42 Å². The number of rotatable bonds is 2. The zero-order chi connectivity index (χ0) is 14.3. The van der Waals surface area contributed by atoms with Gasteiger partial charge in [-0.05, 0) is 55.6 Å². The molecule has 0 bridgehead atoms. The van der Waals surface area contributed by atoms with Gasteiger partial charge in [-0.2, -0.15) is 9.57 Å². The molecule has 20 heavy (non-hydrogen) atoms. The lowest BCUT2D eigenvalue weighted by molar-refractivity contribution is 0.447. The highest BCUT2D eigenvalue weighted by atomic mass is 32.2. The summed E-state index contributed by atoms with van der Waals surface area (Å²) in [6.07, 6.45) is 0. The van der Waals surface area contributed by atoms with Crippen LogP contribution in [0.4, 0.5) is 0 Å². The van der Waals surface area contributed by atoms with E-state index in [1.54, 1.807) is 29.4 Å². The van der Waals surface area contributed by atoms with Gasteiger partial charge in [0.15, 0.2) is 0 Å². The summed E-state index contributed by atoms with van der Waals surface area (Å²) in [6, 6.07) is 6.78. The Bertz CT molecular complexity index is 666. The highest BCUT2D eigenvalue weighted by Gasteiger charge is 2.41. The second-order valence-electron chi connectivity index (χ2n) is 5.59. The van der Waals surface area contributed by atoms with Crippen molar-refractivity contribution >= 4 is 10.0 Å². The second-order valence-corrected chi connectivity index (χ2v) is 7.50. The Morgan fingerprint density at radius 2 is 1.95 bits per heavy atom. The summed E-state index contributed by atoms with van der Waals surface area (Å²) in [5, 5.41) is 12.2. The summed E-state index contributed by atoms with van der Waals surface area (Å²) in [7, 11) is -3.44. The fourth-order valence-corrected chi connectivity index (χ4v) is 4.92. The number of hydrogen-bond acceptors (Lipinski definition) is 4. The summed E-state index contributed by atoms with van der Waals surface area (Å²) in [6.45, 7) is 4.75. The molecule has 106 valence electrons. The van der Waals surface area contributed by atoms with Crippen LogP contribution in [0.3, 0.4) is 0 Å². The molecule has 2 aliphatic rings. The molecule has 1 N–H and O–H groups in total. The maximum Gasteiger partial charge on any atom is 0.243 e. The fraction of sp³-hybridized carbons (Fsp3) is 0.500. The van der Waals surface area contributed by atoms with Crippen LogP contribution in [0.5, 0.6) is 0 Å². The highest BCUT2D eigenvalue weighted by molar-refractivity contribution is 7.89. The molecule has 2 fully saturated rings. The first-order chi connectivity index (χ1) is 9.52. The SMILES string of the molecule is Cc1cc(C#N)ccc1S(=O)(=O)N1C[C@H]2CNC[C@H]2C1. The lowest BCUT2D eigenvalue weighted by Gasteiger charge is -2.18. The Kier molecular flexibility index (Phi) is 3.28. The van der Waals surface area contributed by atoms with E-state index in [-0.39, 0.29) is 0 Å². The van der Waals surface area contributed by atoms with Gasteiger partial charge in [0.1, 0.15) is 0 Å². The molecule has 0 unspecified atom stereocenters. The van der Waals surface area contributed by atoms with Gasteiger partial charge in [0.05, 0.1) is 16.5 Å². The van der Waals surface area contributed by atoms with Crippen molar-refractivity contribution in [2.75, 3.05) is 26.2 Å². The van der Waals surface area contributed by atoms with Crippen LogP contribution in [0.15, 0.2) is 23.1 Å². The number of nitrogens with one attached hydrogen (secondary N) is 1. The summed E-state index contributed by atoms with van der Waals surface area (Å²) in [5.41, 5.74) is 1.13. The van der Waals surface area contributed by atoms with Crippen molar-refractivity contribution in [3.8, 4) is 6.07 Å². The molecule has 6 heteroatoms. The van der Waals surface area contributed by atoms with Crippen LogP contribution < -0.4 is 5.32 Å². The van der Waals surface area contributed by atoms with E-state index in [1.807, 2.05) is 6.07 Å². The predicted molar refractivity (Wildman–Crippen MR) is 74.5 cm³/mol. The van der Waals surface area contributed by atoms with Gasteiger partial charge in [-0.15, -0.1) is 0 Å². The van der Waals surface area contributed by atoms with Crippen LogP contribution >= 0.6 is 0 Å². The van der Waals surface area contributed by atoms with Crippen molar-refractivity contribution in [2.45, 2.75) is 11.8 Å². The highest BCUT2D eigenvalue weighted by Crippen LogP contribution is 2.31. The molecule has 2 saturated heterocycles. The third-order valence-electron chi connectivity index (χ3n) is 4.28. The summed E-state index contributed by atoms with van der Waals surface area (Å²) < 4.78 is 27.0. The molecule has 0 radical (unpaired) electrons. The summed E-state index contributed by atoms with van der Waals surface area (Å²) >= 11 is 0. The first kappa shape index (κ1) is 13.6. The number of sulfonamides is 1. The summed E-state index contributed by atoms with van der Waals surface area (Å²) in [5.74, 6) is 0.868. The monoisotopic (exact) mass is 291 g/mol. The van der Waals surface area contributed by atoms with Crippen molar-refractivity contribution in [2.24, 2.45) is 11.8 Å². The van der Waals surface area contributed by atoms with E-state index in [1.165, 1.54) is 0 Å². The molecule has 3 rings (SSSR count). The summed E-state index contributed by atoms with van der Waals surface area (Å²) in [4.78, 5) is 0.324. The van der Waals surface area contributed by atoms with Crippen molar-refractivity contribution in [3.05, 3.63) is 29.3 Å². The van der Waals surface area contributed by atoms with Crippen LogP contribution in [0.1, 0.15) is 11.1 Å². The van der Waals surface area contributed by atoms with E-state index in [9.17, 15) is 8.42 Å². The van der Waals surface area contributed by atoms with Gasteiger partial charge in [-0.3, -0.25) is 0 Å². The number of nitriles is 1. The average Bonchev–Trinajstić information content (AvgIpc) is 2.99. The fourth-order valence-electron chi connectivity index (χ4n) is 3.16. The van der Waals surface area contributed by atoms with Crippen LogP contribution in [0.25, 0.3) is 0 Å². The Labute approximate surface area is 119 Å². The van der Waals surface area contributed by atoms with E-state index >= 15 is 0 Å². The van der Waals surface area contributed by atoms with Gasteiger partial charge in [0, 0.05) is 13.1 Å². The molecule has 1 aromatic carbocycles. The van der Waals surface area contributed by atoms with Crippen molar-refractivity contribution in [3.63, 3.8) is 0 Å². The Hall–Kier alpha value is -1.42. The number of aryl methyl sites for hydroxylation is 1. The Balaban J connectivity index is 1.91.